The minimum atomic E-state index is -3.30. The fraction of sp³-hybridized carbons (Fsp3) is 0.647. The molecule has 6 nitrogen and oxygen atoms in total. The van der Waals surface area contributed by atoms with Crippen molar-refractivity contribution in [3.63, 3.8) is 0 Å². The Morgan fingerprint density at radius 1 is 1.29 bits per heavy atom. The van der Waals surface area contributed by atoms with Crippen molar-refractivity contribution in [2.45, 2.75) is 38.0 Å². The first-order valence-electron chi connectivity index (χ1n) is 8.41. The number of nitrogens with two attached hydrogens (primary N) is 1. The molecule has 0 saturated carbocycles. The van der Waals surface area contributed by atoms with E-state index in [-0.39, 0.29) is 17.9 Å². The van der Waals surface area contributed by atoms with Gasteiger partial charge in [-0.15, -0.1) is 0 Å². The second kappa shape index (κ2) is 9.48. The van der Waals surface area contributed by atoms with Crippen molar-refractivity contribution < 1.29 is 17.9 Å². The summed E-state index contributed by atoms with van der Waals surface area (Å²) in [6.45, 7) is 1.73. The minimum Gasteiger partial charge on any atom is -0.381 e. The third kappa shape index (κ3) is 5.53. The molecule has 0 radical (unpaired) electrons. The van der Waals surface area contributed by atoms with Crippen LogP contribution in [0.5, 0.6) is 0 Å². The molecule has 24 heavy (non-hydrogen) atoms. The average molecular weight is 356 g/mol. The Labute approximate surface area is 145 Å². The molecule has 1 heterocycles. The molecule has 1 aromatic rings. The molecule has 2 unspecified atom stereocenters. The van der Waals surface area contributed by atoms with Gasteiger partial charge in [0, 0.05) is 32.8 Å². The summed E-state index contributed by atoms with van der Waals surface area (Å²) in [4.78, 5) is 0. The molecule has 7 heteroatoms. The van der Waals surface area contributed by atoms with Gasteiger partial charge in [0.05, 0.1) is 18.5 Å². The quantitative estimate of drug-likeness (QED) is 0.676. The number of rotatable bonds is 9. The Bertz CT molecular complexity index is 580. The maximum atomic E-state index is 12.6. The van der Waals surface area contributed by atoms with Crippen LogP contribution in [0, 0.1) is 0 Å². The molecule has 1 saturated heterocycles. The fourth-order valence-corrected chi connectivity index (χ4v) is 4.74. The molecule has 0 bridgehead atoms. The molecule has 136 valence electrons. The third-order valence-electron chi connectivity index (χ3n) is 4.38. The van der Waals surface area contributed by atoms with E-state index in [1.54, 1.807) is 11.4 Å². The second-order valence-corrected chi connectivity index (χ2v) is 8.13. The lowest BCUT2D eigenvalue weighted by atomic mass is 10.0. The Hall–Kier alpha value is -0.990. The minimum absolute atomic E-state index is 0.0932. The number of hydrogen-bond acceptors (Lipinski definition) is 5. The van der Waals surface area contributed by atoms with Crippen LogP contribution >= 0.6 is 0 Å². The molecular formula is C17H28N2O4S. The fourth-order valence-electron chi connectivity index (χ4n) is 3.01. The van der Waals surface area contributed by atoms with Gasteiger partial charge in [-0.05, 0) is 24.8 Å². The zero-order chi connectivity index (χ0) is 17.4. The van der Waals surface area contributed by atoms with Gasteiger partial charge in [-0.2, -0.15) is 4.31 Å². The van der Waals surface area contributed by atoms with Crippen LogP contribution in [-0.4, -0.2) is 57.4 Å². The van der Waals surface area contributed by atoms with Gasteiger partial charge in [0.2, 0.25) is 10.0 Å². The first-order valence-corrected chi connectivity index (χ1v) is 10.0. The largest absolute Gasteiger partial charge is 0.381 e. The van der Waals surface area contributed by atoms with Crippen molar-refractivity contribution in [2.24, 2.45) is 5.73 Å². The highest BCUT2D eigenvalue weighted by atomic mass is 32.2. The summed E-state index contributed by atoms with van der Waals surface area (Å²) in [7, 11) is -1.64. The molecule has 1 aliphatic rings. The van der Waals surface area contributed by atoms with Crippen LogP contribution < -0.4 is 5.73 Å². The van der Waals surface area contributed by atoms with Crippen LogP contribution in [0.25, 0.3) is 0 Å². The van der Waals surface area contributed by atoms with Crippen molar-refractivity contribution >= 4 is 10.0 Å². The summed E-state index contributed by atoms with van der Waals surface area (Å²) in [5.41, 5.74) is 6.85. The van der Waals surface area contributed by atoms with Crippen molar-refractivity contribution in [2.75, 3.05) is 32.6 Å². The maximum Gasteiger partial charge on any atom is 0.214 e. The van der Waals surface area contributed by atoms with E-state index in [2.05, 4.69) is 0 Å². The van der Waals surface area contributed by atoms with E-state index >= 15 is 0 Å². The second-order valence-electron chi connectivity index (χ2n) is 6.09. The van der Waals surface area contributed by atoms with Gasteiger partial charge in [0.1, 0.15) is 0 Å². The molecule has 2 N–H and O–H groups in total. The van der Waals surface area contributed by atoms with E-state index in [9.17, 15) is 8.42 Å². The monoisotopic (exact) mass is 356 g/mol. The zero-order valence-electron chi connectivity index (χ0n) is 14.3. The van der Waals surface area contributed by atoms with Gasteiger partial charge in [-0.3, -0.25) is 0 Å². The van der Waals surface area contributed by atoms with Crippen molar-refractivity contribution in [1.29, 1.82) is 0 Å². The predicted molar refractivity (Wildman–Crippen MR) is 94.1 cm³/mol. The summed E-state index contributed by atoms with van der Waals surface area (Å²) < 4.78 is 37.6. The Balaban J connectivity index is 1.76. The van der Waals surface area contributed by atoms with E-state index in [0.717, 1.165) is 12.0 Å². The first kappa shape index (κ1) is 19.3. The Morgan fingerprint density at radius 3 is 2.71 bits per heavy atom. The summed E-state index contributed by atoms with van der Waals surface area (Å²) in [5.74, 6) is 0.0932. The lowest BCUT2D eigenvalue weighted by molar-refractivity contribution is 0.0400. The molecule has 1 aromatic carbocycles. The van der Waals surface area contributed by atoms with E-state index in [0.29, 0.717) is 39.1 Å². The van der Waals surface area contributed by atoms with Crippen LogP contribution in [0.3, 0.4) is 0 Å². The number of nitrogens with zero attached hydrogens (tertiary/aromatic N) is 1. The summed E-state index contributed by atoms with van der Waals surface area (Å²) in [5, 5.41) is 0. The average Bonchev–Trinajstić information content (AvgIpc) is 2.61. The third-order valence-corrected chi connectivity index (χ3v) is 6.38. The van der Waals surface area contributed by atoms with E-state index in [1.807, 2.05) is 30.3 Å². The van der Waals surface area contributed by atoms with Crippen molar-refractivity contribution in [3.8, 4) is 0 Å². The lowest BCUT2D eigenvalue weighted by Crippen LogP contribution is -2.51. The highest BCUT2D eigenvalue weighted by molar-refractivity contribution is 7.89. The van der Waals surface area contributed by atoms with Crippen LogP contribution in [0.2, 0.25) is 0 Å². The maximum absolute atomic E-state index is 12.6. The van der Waals surface area contributed by atoms with Crippen LogP contribution in [-0.2, 0) is 26.1 Å². The van der Waals surface area contributed by atoms with E-state index in [1.165, 1.54) is 0 Å². The lowest BCUT2D eigenvalue weighted by Gasteiger charge is -2.37. The molecule has 0 amide bonds. The standard InChI is InChI=1S/C17H28N2O4S/c1-22-17-8-9-19(16(12-17)13-18)24(20,21)11-5-10-23-14-15-6-3-2-4-7-15/h2-4,6-7,16-17H,5,8-14,18H2,1H3. The smallest absolute Gasteiger partial charge is 0.214 e. The van der Waals surface area contributed by atoms with E-state index in [4.69, 9.17) is 15.2 Å². The summed E-state index contributed by atoms with van der Waals surface area (Å²) >= 11 is 0. The number of hydrogen-bond donors (Lipinski definition) is 1. The predicted octanol–water partition coefficient (Wildman–Crippen LogP) is 1.36. The molecule has 2 rings (SSSR count). The summed E-state index contributed by atoms with van der Waals surface area (Å²) in [6, 6.07) is 9.68. The number of sulfonamides is 1. The van der Waals surface area contributed by atoms with Gasteiger partial charge in [0.25, 0.3) is 0 Å². The zero-order valence-corrected chi connectivity index (χ0v) is 15.1. The van der Waals surface area contributed by atoms with Crippen LogP contribution in [0.4, 0.5) is 0 Å². The van der Waals surface area contributed by atoms with Crippen LogP contribution in [0.1, 0.15) is 24.8 Å². The van der Waals surface area contributed by atoms with Gasteiger partial charge in [0.15, 0.2) is 0 Å². The molecular weight excluding hydrogens is 328 g/mol. The van der Waals surface area contributed by atoms with Crippen LogP contribution in [0.15, 0.2) is 30.3 Å². The van der Waals surface area contributed by atoms with Crippen molar-refractivity contribution in [3.05, 3.63) is 35.9 Å². The molecule has 1 fully saturated rings. The first-order chi connectivity index (χ1) is 11.6. The summed E-state index contributed by atoms with van der Waals surface area (Å²) in [6.07, 6.45) is 1.96. The van der Waals surface area contributed by atoms with E-state index < -0.39 is 10.0 Å². The van der Waals surface area contributed by atoms with Gasteiger partial charge in [-0.25, -0.2) is 8.42 Å². The van der Waals surface area contributed by atoms with Gasteiger partial charge >= 0.3 is 0 Å². The number of methoxy groups -OCH3 is 1. The highest BCUT2D eigenvalue weighted by Gasteiger charge is 2.34. The Kier molecular flexibility index (Phi) is 7.64. The van der Waals surface area contributed by atoms with Gasteiger partial charge in [-0.1, -0.05) is 30.3 Å². The molecule has 0 spiro atoms. The van der Waals surface area contributed by atoms with Gasteiger partial charge < -0.3 is 15.2 Å². The SMILES string of the molecule is COC1CCN(S(=O)(=O)CCCOCc2ccccc2)C(CN)C1. The molecule has 1 aliphatic heterocycles. The number of ether oxygens (including phenoxy) is 2. The Morgan fingerprint density at radius 2 is 2.04 bits per heavy atom. The molecule has 0 aliphatic carbocycles. The molecule has 0 aromatic heterocycles. The van der Waals surface area contributed by atoms with Crippen molar-refractivity contribution in [1.82, 2.24) is 4.31 Å². The normalized spacial score (nSPS) is 22.6. The topological polar surface area (TPSA) is 81.9 Å². The number of benzene rings is 1. The highest BCUT2D eigenvalue weighted by Crippen LogP contribution is 2.22. The number of piperidine rings is 1. The molecule has 2 atom stereocenters.